The molecule has 1 heterocycles. The molecule has 1 aromatic heterocycles. The lowest BCUT2D eigenvalue weighted by molar-refractivity contribution is 0.0698. The van der Waals surface area contributed by atoms with Gasteiger partial charge in [-0.15, -0.1) is 11.3 Å². The summed E-state index contributed by atoms with van der Waals surface area (Å²) in [7, 11) is -3.81. The minimum Gasteiger partial charge on any atom is -0.477 e. The lowest BCUT2D eigenvalue weighted by Gasteiger charge is -2.29. The van der Waals surface area contributed by atoms with Gasteiger partial charge in [0.15, 0.2) is 0 Å². The molecule has 0 spiro atoms. The van der Waals surface area contributed by atoms with Gasteiger partial charge in [-0.25, -0.2) is 17.9 Å². The van der Waals surface area contributed by atoms with Crippen LogP contribution in [0.4, 0.5) is 0 Å². The largest absolute Gasteiger partial charge is 0.477 e. The second kappa shape index (κ2) is 5.83. The fourth-order valence-corrected chi connectivity index (χ4v) is 4.32. The molecule has 0 atom stereocenters. The third-order valence-electron chi connectivity index (χ3n) is 3.66. The number of hydrogen-bond acceptors (Lipinski definition) is 4. The second-order valence-electron chi connectivity index (χ2n) is 5.85. The molecule has 0 bridgehead atoms. The smallest absolute Gasteiger partial charge is 0.347 e. The van der Waals surface area contributed by atoms with E-state index in [0.29, 0.717) is 11.5 Å². The minimum absolute atomic E-state index is 0.116. The summed E-state index contributed by atoms with van der Waals surface area (Å²) >= 11 is 0.932. The molecule has 0 saturated heterocycles. The third-order valence-corrected chi connectivity index (χ3v) is 6.46. The highest BCUT2D eigenvalue weighted by molar-refractivity contribution is 7.89. The number of thiophene rings is 1. The zero-order valence-electron chi connectivity index (χ0n) is 12.4. The molecule has 0 radical (unpaired) electrons. The molecular weight excluding hydrogens is 298 g/mol. The highest BCUT2D eigenvalue weighted by Gasteiger charge is 2.30. The molecule has 1 rings (SSSR count). The molecular formula is C13H21NO4S2. The molecule has 0 amide bonds. The van der Waals surface area contributed by atoms with Crippen molar-refractivity contribution in [2.45, 2.75) is 39.5 Å². The maximum absolute atomic E-state index is 12.3. The molecule has 0 aliphatic carbocycles. The zero-order valence-corrected chi connectivity index (χ0v) is 14.0. The molecule has 0 unspecified atom stereocenters. The minimum atomic E-state index is -3.81. The average Bonchev–Trinajstić information content (AvgIpc) is 2.69. The maximum Gasteiger partial charge on any atom is 0.347 e. The molecule has 5 nitrogen and oxygen atoms in total. The monoisotopic (exact) mass is 319 g/mol. The Bertz CT molecular complexity index is 600. The molecule has 114 valence electrons. The van der Waals surface area contributed by atoms with Crippen molar-refractivity contribution < 1.29 is 18.3 Å². The summed E-state index contributed by atoms with van der Waals surface area (Å²) in [6, 6.07) is 0. The van der Waals surface area contributed by atoms with Gasteiger partial charge in [-0.1, -0.05) is 27.7 Å². The van der Waals surface area contributed by atoms with Crippen LogP contribution in [0.15, 0.2) is 10.3 Å². The third kappa shape index (κ3) is 3.59. The highest BCUT2D eigenvalue weighted by atomic mass is 32.2. The van der Waals surface area contributed by atoms with Crippen LogP contribution in [0.1, 0.15) is 42.9 Å². The van der Waals surface area contributed by atoms with Crippen molar-refractivity contribution in [1.82, 2.24) is 4.72 Å². The van der Waals surface area contributed by atoms with Gasteiger partial charge < -0.3 is 5.11 Å². The molecule has 7 heteroatoms. The Hall–Kier alpha value is -0.920. The number of nitrogens with one attached hydrogen (secondary N) is 1. The van der Waals surface area contributed by atoms with Crippen LogP contribution in [0, 0.1) is 18.3 Å². The van der Waals surface area contributed by atoms with Crippen LogP contribution in [-0.2, 0) is 10.0 Å². The Balaban J connectivity index is 3.07. The summed E-state index contributed by atoms with van der Waals surface area (Å²) in [5, 5.41) is 10.6. The Morgan fingerprint density at radius 3 is 2.45 bits per heavy atom. The van der Waals surface area contributed by atoms with Crippen LogP contribution in [0.25, 0.3) is 0 Å². The number of carboxylic acids is 1. The van der Waals surface area contributed by atoms with Crippen molar-refractivity contribution in [3.8, 4) is 0 Å². The topological polar surface area (TPSA) is 83.5 Å². The van der Waals surface area contributed by atoms with Crippen LogP contribution in [0.3, 0.4) is 0 Å². The van der Waals surface area contributed by atoms with Crippen LogP contribution in [0.2, 0.25) is 0 Å². The zero-order chi connectivity index (χ0) is 15.7. The van der Waals surface area contributed by atoms with Crippen LogP contribution >= 0.6 is 11.3 Å². The van der Waals surface area contributed by atoms with Crippen molar-refractivity contribution in [2.24, 2.45) is 11.3 Å². The summed E-state index contributed by atoms with van der Waals surface area (Å²) in [6.45, 7) is 9.85. The van der Waals surface area contributed by atoms with Crippen molar-refractivity contribution >= 4 is 27.3 Å². The van der Waals surface area contributed by atoms with Gasteiger partial charge in [-0.2, -0.15) is 0 Å². The van der Waals surface area contributed by atoms with Crippen molar-refractivity contribution in [3.05, 3.63) is 15.8 Å². The fraction of sp³-hybridized carbons (Fsp3) is 0.615. The van der Waals surface area contributed by atoms with Gasteiger partial charge in [0, 0.05) is 6.54 Å². The Morgan fingerprint density at radius 1 is 1.45 bits per heavy atom. The molecule has 0 aromatic carbocycles. The Kier molecular flexibility index (Phi) is 4.99. The van der Waals surface area contributed by atoms with E-state index < -0.39 is 16.0 Å². The van der Waals surface area contributed by atoms with E-state index >= 15 is 0 Å². The first-order valence-electron chi connectivity index (χ1n) is 6.30. The fourth-order valence-electron chi connectivity index (χ4n) is 1.47. The Morgan fingerprint density at radius 2 is 2.00 bits per heavy atom. The van der Waals surface area contributed by atoms with Gasteiger partial charge in [0.1, 0.15) is 9.77 Å². The molecule has 0 aliphatic heterocycles. The number of aromatic carboxylic acids is 1. The van der Waals surface area contributed by atoms with Crippen molar-refractivity contribution in [2.75, 3.05) is 6.54 Å². The van der Waals surface area contributed by atoms with E-state index in [4.69, 9.17) is 5.11 Å². The number of hydrogen-bond donors (Lipinski definition) is 2. The highest BCUT2D eigenvalue weighted by Crippen LogP contribution is 2.29. The van der Waals surface area contributed by atoms with Crippen molar-refractivity contribution in [1.29, 1.82) is 0 Å². The molecule has 0 saturated carbocycles. The maximum atomic E-state index is 12.3. The van der Waals surface area contributed by atoms with Crippen LogP contribution in [0.5, 0.6) is 0 Å². The van der Waals surface area contributed by atoms with Crippen LogP contribution in [-0.4, -0.2) is 26.0 Å². The van der Waals surface area contributed by atoms with Crippen LogP contribution < -0.4 is 4.72 Å². The summed E-state index contributed by atoms with van der Waals surface area (Å²) in [5.74, 6) is -0.917. The lowest BCUT2D eigenvalue weighted by atomic mass is 9.81. The standard InChI is InChI=1S/C13H21NO4S2/c1-8(2)13(4,5)7-14-20(17,18)11-9(3)6-19-10(11)12(15)16/h6,8,14H,7H2,1-5H3,(H,15,16). The number of rotatable bonds is 6. The number of carboxylic acid groups (broad SMARTS) is 1. The second-order valence-corrected chi connectivity index (χ2v) is 8.43. The van der Waals surface area contributed by atoms with E-state index in [2.05, 4.69) is 4.72 Å². The number of aryl methyl sites for hydroxylation is 1. The predicted molar refractivity (Wildman–Crippen MR) is 79.8 cm³/mol. The van der Waals surface area contributed by atoms with Crippen molar-refractivity contribution in [3.63, 3.8) is 0 Å². The van der Waals surface area contributed by atoms with E-state index in [0.717, 1.165) is 11.3 Å². The van der Waals surface area contributed by atoms with Gasteiger partial charge in [0.2, 0.25) is 10.0 Å². The quantitative estimate of drug-likeness (QED) is 0.844. The molecule has 0 aliphatic rings. The van der Waals surface area contributed by atoms with Gasteiger partial charge in [-0.3, -0.25) is 0 Å². The summed E-state index contributed by atoms with van der Waals surface area (Å²) in [4.78, 5) is 10.9. The first-order valence-corrected chi connectivity index (χ1v) is 8.66. The van der Waals surface area contributed by atoms with E-state index in [9.17, 15) is 13.2 Å². The molecule has 1 aromatic rings. The number of sulfonamides is 1. The van der Waals surface area contributed by atoms with Gasteiger partial charge in [0.05, 0.1) is 0 Å². The Labute approximate surface area is 124 Å². The average molecular weight is 319 g/mol. The van der Waals surface area contributed by atoms with Gasteiger partial charge in [0.25, 0.3) is 0 Å². The van der Waals surface area contributed by atoms with E-state index in [1.165, 1.54) is 0 Å². The lowest BCUT2D eigenvalue weighted by Crippen LogP contribution is -2.37. The predicted octanol–water partition coefficient (Wildman–Crippen LogP) is 2.72. The van der Waals surface area contributed by atoms with Gasteiger partial charge in [-0.05, 0) is 29.2 Å². The normalized spacial score (nSPS) is 12.9. The number of carbonyl (C=O) groups is 1. The molecule has 20 heavy (non-hydrogen) atoms. The SMILES string of the molecule is Cc1csc(C(=O)O)c1S(=O)(=O)NCC(C)(C)C(C)C. The van der Waals surface area contributed by atoms with Gasteiger partial charge >= 0.3 is 5.97 Å². The summed E-state index contributed by atoms with van der Waals surface area (Å²) in [6.07, 6.45) is 0. The molecule has 0 fully saturated rings. The van der Waals surface area contributed by atoms with E-state index in [1.54, 1.807) is 12.3 Å². The van der Waals surface area contributed by atoms with E-state index in [-0.39, 0.29) is 21.7 Å². The summed E-state index contributed by atoms with van der Waals surface area (Å²) < 4.78 is 27.2. The molecule has 2 N–H and O–H groups in total. The van der Waals surface area contributed by atoms with E-state index in [1.807, 2.05) is 27.7 Å². The first kappa shape index (κ1) is 17.1. The summed E-state index contributed by atoms with van der Waals surface area (Å²) in [5.41, 5.74) is 0.252. The first-order chi connectivity index (χ1) is 8.99.